The highest BCUT2D eigenvalue weighted by atomic mass is 16.3. The molecule has 3 rings (SSSR count). The Morgan fingerprint density at radius 3 is 2.39 bits per heavy atom. The van der Waals surface area contributed by atoms with Crippen molar-refractivity contribution >= 4 is 11.8 Å². The normalized spacial score (nSPS) is 32.1. The minimum Gasteiger partial charge on any atom is -0.391 e. The summed E-state index contributed by atoms with van der Waals surface area (Å²) in [4.78, 5) is 28.0. The van der Waals surface area contributed by atoms with Crippen LogP contribution in [0.3, 0.4) is 0 Å². The van der Waals surface area contributed by atoms with Gasteiger partial charge in [-0.25, -0.2) is 0 Å². The number of amides is 2. The van der Waals surface area contributed by atoms with Crippen LogP contribution in [0.25, 0.3) is 0 Å². The Hall–Kier alpha value is -1.10. The van der Waals surface area contributed by atoms with Crippen LogP contribution in [0.1, 0.15) is 32.1 Å². The average Bonchev–Trinajstić information content (AvgIpc) is 2.93. The van der Waals surface area contributed by atoms with E-state index in [1.807, 2.05) is 0 Å². The molecular formula is C13H20N2O3. The minimum atomic E-state index is -0.386. The summed E-state index contributed by atoms with van der Waals surface area (Å²) in [5.74, 6) is 0.395. The van der Waals surface area contributed by atoms with E-state index in [9.17, 15) is 14.7 Å². The molecule has 18 heavy (non-hydrogen) atoms. The van der Waals surface area contributed by atoms with Gasteiger partial charge in [0.15, 0.2) is 0 Å². The number of carbonyl (C=O) groups excluding carboxylic acids is 2. The SMILES string of the molecule is O=C(C1CCCN1C(=O)C1CC1)N1CC[C@H](O)C1. The van der Waals surface area contributed by atoms with Gasteiger partial charge in [0, 0.05) is 25.6 Å². The monoisotopic (exact) mass is 252 g/mol. The van der Waals surface area contributed by atoms with Crippen LogP contribution >= 0.6 is 0 Å². The third-order valence-electron chi connectivity index (χ3n) is 4.22. The van der Waals surface area contributed by atoms with Gasteiger partial charge in [-0.2, -0.15) is 0 Å². The molecular weight excluding hydrogens is 232 g/mol. The molecule has 100 valence electrons. The van der Waals surface area contributed by atoms with Gasteiger partial charge in [-0.15, -0.1) is 0 Å². The highest BCUT2D eigenvalue weighted by Gasteiger charge is 2.42. The van der Waals surface area contributed by atoms with Crippen LogP contribution in [0.2, 0.25) is 0 Å². The van der Waals surface area contributed by atoms with E-state index in [0.29, 0.717) is 19.5 Å². The second-order valence-electron chi connectivity index (χ2n) is 5.69. The molecule has 1 aliphatic carbocycles. The highest BCUT2D eigenvalue weighted by Crippen LogP contribution is 2.34. The first-order valence-corrected chi connectivity index (χ1v) is 6.94. The van der Waals surface area contributed by atoms with Gasteiger partial charge in [-0.05, 0) is 32.1 Å². The van der Waals surface area contributed by atoms with E-state index in [-0.39, 0.29) is 29.9 Å². The number of nitrogens with zero attached hydrogens (tertiary/aromatic N) is 2. The third kappa shape index (κ3) is 2.11. The number of aliphatic hydroxyl groups is 1. The Balaban J connectivity index is 1.66. The standard InChI is InChI=1S/C13H20N2O3/c16-10-5-7-14(8-10)13(18)11-2-1-6-15(11)12(17)9-3-4-9/h9-11,16H,1-8H2/t10-,11?/m0/s1. The van der Waals surface area contributed by atoms with Crippen LogP contribution in [-0.2, 0) is 9.59 Å². The Labute approximate surface area is 107 Å². The summed E-state index contributed by atoms with van der Waals surface area (Å²) < 4.78 is 0. The number of aliphatic hydroxyl groups excluding tert-OH is 1. The topological polar surface area (TPSA) is 60.9 Å². The summed E-state index contributed by atoms with van der Waals surface area (Å²) in [5.41, 5.74) is 0. The summed E-state index contributed by atoms with van der Waals surface area (Å²) in [6.45, 7) is 1.78. The molecule has 1 unspecified atom stereocenters. The van der Waals surface area contributed by atoms with E-state index in [2.05, 4.69) is 0 Å². The van der Waals surface area contributed by atoms with Gasteiger partial charge in [0.25, 0.3) is 0 Å². The quantitative estimate of drug-likeness (QED) is 0.751. The van der Waals surface area contributed by atoms with Crippen LogP contribution in [0, 0.1) is 5.92 Å². The molecule has 0 aromatic rings. The summed E-state index contributed by atoms with van der Waals surface area (Å²) in [6.07, 6.45) is 3.95. The van der Waals surface area contributed by atoms with E-state index in [1.54, 1.807) is 9.80 Å². The Kier molecular flexibility index (Phi) is 3.01. The zero-order valence-corrected chi connectivity index (χ0v) is 10.5. The lowest BCUT2D eigenvalue weighted by Crippen LogP contribution is -2.47. The number of hydrogen-bond donors (Lipinski definition) is 1. The lowest BCUT2D eigenvalue weighted by Gasteiger charge is -2.27. The molecule has 2 aliphatic heterocycles. The number of rotatable bonds is 2. The van der Waals surface area contributed by atoms with Crippen molar-refractivity contribution < 1.29 is 14.7 Å². The van der Waals surface area contributed by atoms with Crippen molar-refractivity contribution in [3.8, 4) is 0 Å². The van der Waals surface area contributed by atoms with Crippen LogP contribution < -0.4 is 0 Å². The average molecular weight is 252 g/mol. The lowest BCUT2D eigenvalue weighted by atomic mass is 10.2. The second-order valence-corrected chi connectivity index (χ2v) is 5.69. The van der Waals surface area contributed by atoms with Crippen LogP contribution in [0.15, 0.2) is 0 Å². The molecule has 3 fully saturated rings. The van der Waals surface area contributed by atoms with Crippen molar-refractivity contribution in [1.82, 2.24) is 9.80 Å². The third-order valence-corrected chi connectivity index (χ3v) is 4.22. The van der Waals surface area contributed by atoms with Gasteiger partial charge in [0.05, 0.1) is 6.10 Å². The zero-order chi connectivity index (χ0) is 12.7. The molecule has 5 heteroatoms. The molecule has 5 nitrogen and oxygen atoms in total. The summed E-state index contributed by atoms with van der Waals surface area (Å²) >= 11 is 0. The number of carbonyl (C=O) groups is 2. The van der Waals surface area contributed by atoms with Crippen molar-refractivity contribution in [2.45, 2.75) is 44.2 Å². The molecule has 0 bridgehead atoms. The van der Waals surface area contributed by atoms with Crippen molar-refractivity contribution in [2.24, 2.45) is 5.92 Å². The first kappa shape index (κ1) is 12.0. The molecule has 1 saturated carbocycles. The van der Waals surface area contributed by atoms with Gasteiger partial charge in [-0.3, -0.25) is 9.59 Å². The maximum absolute atomic E-state index is 12.4. The predicted molar refractivity (Wildman–Crippen MR) is 64.7 cm³/mol. The largest absolute Gasteiger partial charge is 0.391 e. The smallest absolute Gasteiger partial charge is 0.245 e. The van der Waals surface area contributed by atoms with Gasteiger partial charge in [0.1, 0.15) is 6.04 Å². The van der Waals surface area contributed by atoms with E-state index < -0.39 is 0 Å². The fourth-order valence-corrected chi connectivity index (χ4v) is 3.00. The molecule has 0 aromatic heterocycles. The van der Waals surface area contributed by atoms with E-state index in [4.69, 9.17) is 0 Å². The lowest BCUT2D eigenvalue weighted by molar-refractivity contribution is -0.144. The Morgan fingerprint density at radius 2 is 1.78 bits per heavy atom. The predicted octanol–water partition coefficient (Wildman–Crippen LogP) is -0.0194. The van der Waals surface area contributed by atoms with Crippen LogP contribution in [-0.4, -0.2) is 58.5 Å². The van der Waals surface area contributed by atoms with Gasteiger partial charge in [-0.1, -0.05) is 0 Å². The second kappa shape index (κ2) is 4.53. The van der Waals surface area contributed by atoms with E-state index in [0.717, 1.165) is 32.2 Å². The molecule has 0 radical (unpaired) electrons. The molecule has 0 spiro atoms. The summed E-state index contributed by atoms with van der Waals surface area (Å²) in [6, 6.07) is -0.261. The van der Waals surface area contributed by atoms with Crippen molar-refractivity contribution in [2.75, 3.05) is 19.6 Å². The fraction of sp³-hybridized carbons (Fsp3) is 0.846. The molecule has 2 amide bonds. The van der Waals surface area contributed by atoms with Crippen LogP contribution in [0.5, 0.6) is 0 Å². The molecule has 1 N–H and O–H groups in total. The van der Waals surface area contributed by atoms with E-state index in [1.165, 1.54) is 0 Å². The molecule has 3 aliphatic rings. The zero-order valence-electron chi connectivity index (χ0n) is 10.5. The van der Waals surface area contributed by atoms with Gasteiger partial charge < -0.3 is 14.9 Å². The van der Waals surface area contributed by atoms with Gasteiger partial charge >= 0.3 is 0 Å². The van der Waals surface area contributed by atoms with Crippen molar-refractivity contribution in [3.05, 3.63) is 0 Å². The number of likely N-dealkylation sites (tertiary alicyclic amines) is 2. The molecule has 2 saturated heterocycles. The first-order valence-electron chi connectivity index (χ1n) is 6.94. The number of β-amino-alcohol motifs (C(OH)–C–C–N with tert-alkyl or cyclic N) is 1. The maximum atomic E-state index is 12.4. The molecule has 2 heterocycles. The van der Waals surface area contributed by atoms with Gasteiger partial charge in [0.2, 0.25) is 11.8 Å². The minimum absolute atomic E-state index is 0.0399. The Morgan fingerprint density at radius 1 is 1.00 bits per heavy atom. The fourth-order valence-electron chi connectivity index (χ4n) is 3.00. The first-order chi connectivity index (χ1) is 8.66. The summed E-state index contributed by atoms with van der Waals surface area (Å²) in [7, 11) is 0. The maximum Gasteiger partial charge on any atom is 0.245 e. The van der Waals surface area contributed by atoms with Crippen LogP contribution in [0.4, 0.5) is 0 Å². The van der Waals surface area contributed by atoms with Crippen molar-refractivity contribution in [3.63, 3.8) is 0 Å². The Bertz CT molecular complexity index is 367. The summed E-state index contributed by atoms with van der Waals surface area (Å²) in [5, 5.41) is 9.49. The van der Waals surface area contributed by atoms with E-state index >= 15 is 0 Å². The molecule has 0 aromatic carbocycles. The molecule has 2 atom stereocenters. The van der Waals surface area contributed by atoms with Crippen molar-refractivity contribution in [1.29, 1.82) is 0 Å². The highest BCUT2D eigenvalue weighted by molar-refractivity contribution is 5.90. The number of hydrogen-bond acceptors (Lipinski definition) is 3.